The first-order chi connectivity index (χ1) is 18.3. The summed E-state index contributed by atoms with van der Waals surface area (Å²) in [6, 6.07) is 23.6. The molecule has 38 heavy (non-hydrogen) atoms. The first kappa shape index (κ1) is 23.2. The van der Waals surface area contributed by atoms with Crippen LogP contribution < -0.4 is 14.4 Å². The van der Waals surface area contributed by atoms with Crippen LogP contribution in [0.1, 0.15) is 47.0 Å². The lowest BCUT2D eigenvalue weighted by atomic mass is 10.1. The normalized spacial score (nSPS) is 14.2. The molecular weight excluding hydrogens is 484 g/mol. The lowest BCUT2D eigenvalue weighted by molar-refractivity contribution is 0.0692. The number of anilines is 1. The maximum absolute atomic E-state index is 13.2. The third-order valence-corrected chi connectivity index (χ3v) is 6.48. The molecule has 4 aromatic rings. The van der Waals surface area contributed by atoms with Crippen LogP contribution in [-0.4, -0.2) is 35.6 Å². The molecule has 0 aliphatic carbocycles. The zero-order chi connectivity index (χ0) is 26.6. The van der Waals surface area contributed by atoms with Gasteiger partial charge in [-0.1, -0.05) is 12.1 Å². The summed E-state index contributed by atoms with van der Waals surface area (Å²) < 4.78 is 11.7. The maximum Gasteiger partial charge on any atom is 0.266 e. The number of hydrogen-bond acceptors (Lipinski definition) is 6. The summed E-state index contributed by atoms with van der Waals surface area (Å²) in [6.07, 6.45) is 0. The summed E-state index contributed by atoms with van der Waals surface area (Å²) >= 11 is 0. The summed E-state index contributed by atoms with van der Waals surface area (Å²) in [5, 5.41) is 0. The van der Waals surface area contributed by atoms with Crippen molar-refractivity contribution < 1.29 is 28.7 Å². The highest BCUT2D eigenvalue weighted by molar-refractivity contribution is 6.34. The Morgan fingerprint density at radius 2 is 1.03 bits per heavy atom. The highest BCUT2D eigenvalue weighted by atomic mass is 16.5. The monoisotopic (exact) mass is 504 g/mol. The molecule has 0 fully saturated rings. The van der Waals surface area contributed by atoms with E-state index in [9.17, 15) is 19.2 Å². The van der Waals surface area contributed by atoms with Crippen molar-refractivity contribution in [3.8, 4) is 23.0 Å². The molecule has 0 N–H and O–H groups in total. The number of rotatable bonds is 5. The van der Waals surface area contributed by atoms with Crippen LogP contribution in [0.2, 0.25) is 0 Å². The van der Waals surface area contributed by atoms with Gasteiger partial charge in [-0.3, -0.25) is 24.1 Å². The SMILES string of the molecule is Cc1cccc(Oc2ccc(N3C(=O)c4ccc(Oc5ccc6c(c5)C(=O)N(C)C6=O)cc4C3=O)cc2)c1. The van der Waals surface area contributed by atoms with Gasteiger partial charge >= 0.3 is 0 Å². The fraction of sp³-hybridized carbons (Fsp3) is 0.0667. The predicted octanol–water partition coefficient (Wildman–Crippen LogP) is 5.61. The number of carbonyl (C=O) groups excluding carboxylic acids is 4. The number of amides is 4. The quantitative estimate of drug-likeness (QED) is 0.328. The molecule has 0 aromatic heterocycles. The lowest BCUT2D eigenvalue weighted by Crippen LogP contribution is -2.29. The fourth-order valence-electron chi connectivity index (χ4n) is 4.54. The standard InChI is InChI=1S/C30H20N2O6/c1-17-4-3-5-20(14-17)37-19-8-6-18(7-9-19)32-29(35)24-13-11-22(16-26(24)30(32)36)38-21-10-12-23-25(15-21)28(34)31(2)27(23)33/h3-16H,1-2H3. The van der Waals surface area contributed by atoms with Gasteiger partial charge in [-0.2, -0.15) is 0 Å². The van der Waals surface area contributed by atoms with Gasteiger partial charge in [0.05, 0.1) is 27.9 Å². The van der Waals surface area contributed by atoms with Gasteiger partial charge in [-0.25, -0.2) is 4.90 Å². The molecule has 4 aromatic carbocycles. The van der Waals surface area contributed by atoms with E-state index < -0.39 is 17.7 Å². The van der Waals surface area contributed by atoms with E-state index in [0.29, 0.717) is 34.2 Å². The number of nitrogens with zero attached hydrogens (tertiary/aromatic N) is 2. The van der Waals surface area contributed by atoms with Crippen molar-refractivity contribution in [1.82, 2.24) is 4.90 Å². The second kappa shape index (κ2) is 8.70. The molecule has 8 heteroatoms. The van der Waals surface area contributed by atoms with Crippen molar-refractivity contribution in [3.63, 3.8) is 0 Å². The minimum absolute atomic E-state index is 0.208. The molecule has 0 atom stereocenters. The number of hydrogen-bond donors (Lipinski definition) is 0. The topological polar surface area (TPSA) is 93.2 Å². The maximum atomic E-state index is 13.2. The Kier molecular flexibility index (Phi) is 5.31. The van der Waals surface area contributed by atoms with Crippen LogP contribution in [0.3, 0.4) is 0 Å². The summed E-state index contributed by atoms with van der Waals surface area (Å²) in [4.78, 5) is 52.9. The number of ether oxygens (including phenoxy) is 2. The molecule has 2 heterocycles. The number of fused-ring (bicyclic) bond motifs is 2. The lowest BCUT2D eigenvalue weighted by Gasteiger charge is -2.14. The van der Waals surface area contributed by atoms with Crippen molar-refractivity contribution in [3.05, 3.63) is 113 Å². The summed E-state index contributed by atoms with van der Waals surface area (Å²) in [6.45, 7) is 1.97. The minimum atomic E-state index is -0.473. The van der Waals surface area contributed by atoms with E-state index in [1.54, 1.807) is 36.4 Å². The van der Waals surface area contributed by atoms with Crippen LogP contribution in [0.25, 0.3) is 0 Å². The highest BCUT2D eigenvalue weighted by Crippen LogP contribution is 2.34. The van der Waals surface area contributed by atoms with Crippen molar-refractivity contribution in [2.24, 2.45) is 0 Å². The van der Waals surface area contributed by atoms with E-state index in [-0.39, 0.29) is 22.6 Å². The molecular formula is C30H20N2O6. The summed E-state index contributed by atoms with van der Waals surface area (Å²) in [7, 11) is 1.42. The van der Waals surface area contributed by atoms with Crippen LogP contribution in [0, 0.1) is 6.92 Å². The van der Waals surface area contributed by atoms with E-state index >= 15 is 0 Å². The van der Waals surface area contributed by atoms with Crippen molar-refractivity contribution in [1.29, 1.82) is 0 Å². The molecule has 2 aliphatic rings. The fourth-order valence-corrected chi connectivity index (χ4v) is 4.54. The molecule has 186 valence electrons. The molecule has 0 radical (unpaired) electrons. The van der Waals surface area contributed by atoms with Gasteiger partial charge in [-0.15, -0.1) is 0 Å². The smallest absolute Gasteiger partial charge is 0.266 e. The van der Waals surface area contributed by atoms with E-state index in [0.717, 1.165) is 15.4 Å². The number of imide groups is 2. The van der Waals surface area contributed by atoms with Crippen LogP contribution >= 0.6 is 0 Å². The largest absolute Gasteiger partial charge is 0.457 e. The van der Waals surface area contributed by atoms with E-state index in [2.05, 4.69) is 0 Å². The molecule has 8 nitrogen and oxygen atoms in total. The van der Waals surface area contributed by atoms with Crippen LogP contribution in [0.5, 0.6) is 23.0 Å². The molecule has 0 unspecified atom stereocenters. The highest BCUT2D eigenvalue weighted by Gasteiger charge is 2.37. The Morgan fingerprint density at radius 1 is 0.526 bits per heavy atom. The third kappa shape index (κ3) is 3.79. The number of carbonyl (C=O) groups is 4. The van der Waals surface area contributed by atoms with E-state index in [1.807, 2.05) is 31.2 Å². The molecule has 0 saturated carbocycles. The zero-order valence-corrected chi connectivity index (χ0v) is 20.4. The van der Waals surface area contributed by atoms with Gasteiger partial charge in [-0.05, 0) is 85.3 Å². The molecule has 2 aliphatic heterocycles. The van der Waals surface area contributed by atoms with Gasteiger partial charge in [0.1, 0.15) is 23.0 Å². The van der Waals surface area contributed by atoms with E-state index in [4.69, 9.17) is 9.47 Å². The molecule has 0 saturated heterocycles. The predicted molar refractivity (Wildman–Crippen MR) is 138 cm³/mol. The van der Waals surface area contributed by atoms with Gasteiger partial charge < -0.3 is 9.47 Å². The van der Waals surface area contributed by atoms with Gasteiger partial charge in [0.2, 0.25) is 0 Å². The molecule has 4 amide bonds. The Hall–Kier alpha value is -5.24. The molecule has 6 rings (SSSR count). The van der Waals surface area contributed by atoms with Gasteiger partial charge in [0.25, 0.3) is 23.6 Å². The van der Waals surface area contributed by atoms with Crippen molar-refractivity contribution in [2.45, 2.75) is 6.92 Å². The van der Waals surface area contributed by atoms with Gasteiger partial charge in [0.15, 0.2) is 0 Å². The minimum Gasteiger partial charge on any atom is -0.457 e. The Labute approximate surface area is 217 Å². The molecule has 0 bridgehead atoms. The van der Waals surface area contributed by atoms with Gasteiger partial charge in [0, 0.05) is 7.05 Å². The average molecular weight is 504 g/mol. The van der Waals surface area contributed by atoms with Crippen LogP contribution in [0.4, 0.5) is 5.69 Å². The van der Waals surface area contributed by atoms with Crippen molar-refractivity contribution in [2.75, 3.05) is 11.9 Å². The Balaban J connectivity index is 1.22. The molecule has 0 spiro atoms. The van der Waals surface area contributed by atoms with Crippen molar-refractivity contribution >= 4 is 29.3 Å². The first-order valence-electron chi connectivity index (χ1n) is 11.8. The second-order valence-electron chi connectivity index (χ2n) is 9.04. The first-order valence-corrected chi connectivity index (χ1v) is 11.8. The second-order valence-corrected chi connectivity index (χ2v) is 9.04. The Morgan fingerprint density at radius 3 is 1.68 bits per heavy atom. The number of aryl methyl sites for hydroxylation is 1. The van der Waals surface area contributed by atoms with Crippen LogP contribution in [-0.2, 0) is 0 Å². The third-order valence-electron chi connectivity index (χ3n) is 6.48. The van der Waals surface area contributed by atoms with Crippen LogP contribution in [0.15, 0.2) is 84.9 Å². The number of benzene rings is 4. The zero-order valence-electron chi connectivity index (χ0n) is 20.4. The summed E-state index contributed by atoms with van der Waals surface area (Å²) in [5.74, 6) is 0.235. The van der Waals surface area contributed by atoms with E-state index in [1.165, 1.54) is 31.3 Å². The Bertz CT molecular complexity index is 1670. The summed E-state index contributed by atoms with van der Waals surface area (Å²) in [5.41, 5.74) is 2.52. The average Bonchev–Trinajstić information content (AvgIpc) is 3.28.